The highest BCUT2D eigenvalue weighted by Crippen LogP contribution is 2.06. The molecule has 0 aromatic rings. The number of carbonyl (C=O) groups excluding carboxylic acids is 1. The topological polar surface area (TPSA) is 55.8 Å². The molecule has 1 N–H and O–H groups in total. The minimum atomic E-state index is -0.514. The Morgan fingerprint density at radius 3 is 2.30 bits per heavy atom. The molecular formula is C16H32O4. The third-order valence-corrected chi connectivity index (χ3v) is 3.18. The molecule has 0 rings (SSSR count). The van der Waals surface area contributed by atoms with Gasteiger partial charge in [-0.2, -0.15) is 0 Å². The van der Waals surface area contributed by atoms with E-state index < -0.39 is 6.10 Å². The number of hydrogen-bond acceptors (Lipinski definition) is 4. The van der Waals surface area contributed by atoms with Crippen molar-refractivity contribution < 1.29 is 19.4 Å². The van der Waals surface area contributed by atoms with E-state index in [0.29, 0.717) is 19.6 Å². The first-order valence-electron chi connectivity index (χ1n) is 8.12. The second kappa shape index (κ2) is 14.8. The second-order valence-electron chi connectivity index (χ2n) is 5.24. The van der Waals surface area contributed by atoms with Gasteiger partial charge in [0.15, 0.2) is 0 Å². The van der Waals surface area contributed by atoms with E-state index in [0.717, 1.165) is 19.3 Å². The molecule has 0 aromatic heterocycles. The minimum Gasteiger partial charge on any atom is -0.457 e. The maximum atomic E-state index is 11.4. The molecule has 0 saturated carbocycles. The molecule has 0 amide bonds. The first-order chi connectivity index (χ1) is 9.74. The maximum absolute atomic E-state index is 11.4. The van der Waals surface area contributed by atoms with Gasteiger partial charge in [0.05, 0.1) is 13.2 Å². The Balaban J connectivity index is 3.47. The number of esters is 1. The summed E-state index contributed by atoms with van der Waals surface area (Å²) in [4.78, 5) is 11.4. The Kier molecular flexibility index (Phi) is 14.3. The molecule has 20 heavy (non-hydrogen) atoms. The van der Waals surface area contributed by atoms with Crippen molar-refractivity contribution in [3.05, 3.63) is 0 Å². The zero-order valence-electron chi connectivity index (χ0n) is 13.2. The van der Waals surface area contributed by atoms with E-state index in [-0.39, 0.29) is 12.6 Å². The molecular weight excluding hydrogens is 256 g/mol. The van der Waals surface area contributed by atoms with Crippen molar-refractivity contribution >= 4 is 5.97 Å². The summed E-state index contributed by atoms with van der Waals surface area (Å²) in [5.41, 5.74) is 0. The van der Waals surface area contributed by atoms with Crippen LogP contribution in [-0.2, 0) is 14.3 Å². The molecule has 0 aromatic carbocycles. The van der Waals surface area contributed by atoms with Crippen LogP contribution >= 0.6 is 0 Å². The fraction of sp³-hybridized carbons (Fsp3) is 0.938. The number of aliphatic hydroxyl groups is 1. The molecule has 1 unspecified atom stereocenters. The van der Waals surface area contributed by atoms with Crippen molar-refractivity contribution in [2.24, 2.45) is 0 Å². The van der Waals surface area contributed by atoms with Crippen molar-refractivity contribution in [1.29, 1.82) is 0 Å². The Hall–Kier alpha value is -0.610. The second-order valence-corrected chi connectivity index (χ2v) is 5.24. The van der Waals surface area contributed by atoms with Crippen LogP contribution in [0.1, 0.15) is 71.6 Å². The number of carbonyl (C=O) groups is 1. The molecule has 0 saturated heterocycles. The molecule has 4 nitrogen and oxygen atoms in total. The van der Waals surface area contributed by atoms with Crippen molar-refractivity contribution in [3.8, 4) is 0 Å². The van der Waals surface area contributed by atoms with E-state index in [1.165, 1.54) is 32.1 Å². The van der Waals surface area contributed by atoms with Gasteiger partial charge in [0.25, 0.3) is 0 Å². The highest BCUT2D eigenvalue weighted by atomic mass is 16.6. The molecule has 0 aliphatic carbocycles. The van der Waals surface area contributed by atoms with Gasteiger partial charge in [-0.05, 0) is 12.8 Å². The normalized spacial score (nSPS) is 12.3. The lowest BCUT2D eigenvalue weighted by atomic mass is 10.1. The maximum Gasteiger partial charge on any atom is 0.306 e. The van der Waals surface area contributed by atoms with Crippen LogP contribution in [0.25, 0.3) is 0 Å². The van der Waals surface area contributed by atoms with Crippen LogP contribution in [-0.4, -0.2) is 37.0 Å². The van der Waals surface area contributed by atoms with Gasteiger partial charge in [-0.1, -0.05) is 52.4 Å². The molecule has 0 radical (unpaired) electrons. The van der Waals surface area contributed by atoms with Crippen LogP contribution in [0.15, 0.2) is 0 Å². The Bertz CT molecular complexity index is 219. The van der Waals surface area contributed by atoms with Crippen LogP contribution in [0.4, 0.5) is 0 Å². The fourth-order valence-corrected chi connectivity index (χ4v) is 1.89. The number of rotatable bonds is 14. The summed E-state index contributed by atoms with van der Waals surface area (Å²) in [6.45, 7) is 5.03. The zero-order valence-corrected chi connectivity index (χ0v) is 13.2. The first kappa shape index (κ1) is 19.4. The lowest BCUT2D eigenvalue weighted by Gasteiger charge is -2.15. The van der Waals surface area contributed by atoms with Crippen molar-refractivity contribution in [2.75, 3.05) is 19.8 Å². The largest absolute Gasteiger partial charge is 0.457 e. The fourth-order valence-electron chi connectivity index (χ4n) is 1.89. The van der Waals surface area contributed by atoms with E-state index >= 15 is 0 Å². The molecule has 0 aliphatic heterocycles. The standard InChI is InChI=1S/C16H32O4/c1-3-5-7-8-9-10-12-19-14-15(13-17)20-16(18)11-6-4-2/h15,17H,3-14H2,1-2H3. The SMILES string of the molecule is CCCCCCCCOCC(CO)OC(=O)CCCC. The van der Waals surface area contributed by atoms with Gasteiger partial charge in [0.2, 0.25) is 0 Å². The van der Waals surface area contributed by atoms with Crippen LogP contribution in [0, 0.1) is 0 Å². The van der Waals surface area contributed by atoms with E-state index in [2.05, 4.69) is 6.92 Å². The average molecular weight is 288 g/mol. The summed E-state index contributed by atoms with van der Waals surface area (Å²) < 4.78 is 10.6. The first-order valence-corrected chi connectivity index (χ1v) is 8.12. The Morgan fingerprint density at radius 1 is 1.00 bits per heavy atom. The lowest BCUT2D eigenvalue weighted by Crippen LogP contribution is -2.27. The molecule has 4 heteroatoms. The van der Waals surface area contributed by atoms with E-state index in [1.54, 1.807) is 0 Å². The van der Waals surface area contributed by atoms with Gasteiger partial charge in [-0.3, -0.25) is 4.79 Å². The summed E-state index contributed by atoms with van der Waals surface area (Å²) in [7, 11) is 0. The third kappa shape index (κ3) is 12.4. The summed E-state index contributed by atoms with van der Waals surface area (Å²) in [5.74, 6) is -0.242. The molecule has 0 aliphatic rings. The molecule has 0 heterocycles. The van der Waals surface area contributed by atoms with E-state index in [4.69, 9.17) is 14.6 Å². The summed E-state index contributed by atoms with van der Waals surface area (Å²) >= 11 is 0. The third-order valence-electron chi connectivity index (χ3n) is 3.18. The van der Waals surface area contributed by atoms with Gasteiger partial charge in [-0.15, -0.1) is 0 Å². The van der Waals surface area contributed by atoms with Crippen LogP contribution in [0.2, 0.25) is 0 Å². The number of aliphatic hydroxyl groups excluding tert-OH is 1. The zero-order chi connectivity index (χ0) is 15.1. The number of unbranched alkanes of at least 4 members (excludes halogenated alkanes) is 6. The predicted octanol–water partition coefficient (Wildman–Crippen LogP) is 3.46. The van der Waals surface area contributed by atoms with Crippen molar-refractivity contribution in [3.63, 3.8) is 0 Å². The lowest BCUT2D eigenvalue weighted by molar-refractivity contribution is -0.154. The van der Waals surface area contributed by atoms with E-state index in [9.17, 15) is 4.79 Å². The van der Waals surface area contributed by atoms with Gasteiger partial charge >= 0.3 is 5.97 Å². The van der Waals surface area contributed by atoms with Gasteiger partial charge < -0.3 is 14.6 Å². The van der Waals surface area contributed by atoms with Crippen molar-refractivity contribution in [1.82, 2.24) is 0 Å². The van der Waals surface area contributed by atoms with Gasteiger partial charge in [0, 0.05) is 13.0 Å². The molecule has 0 spiro atoms. The summed E-state index contributed by atoms with van der Waals surface area (Å²) in [6, 6.07) is 0. The smallest absolute Gasteiger partial charge is 0.306 e. The summed E-state index contributed by atoms with van der Waals surface area (Å²) in [5, 5.41) is 9.14. The molecule has 0 bridgehead atoms. The molecule has 1 atom stereocenters. The Morgan fingerprint density at radius 2 is 1.65 bits per heavy atom. The van der Waals surface area contributed by atoms with Crippen LogP contribution in [0.5, 0.6) is 0 Å². The average Bonchev–Trinajstić information content (AvgIpc) is 2.46. The van der Waals surface area contributed by atoms with Gasteiger partial charge in [-0.25, -0.2) is 0 Å². The van der Waals surface area contributed by atoms with E-state index in [1.807, 2.05) is 6.92 Å². The molecule has 120 valence electrons. The molecule has 0 fully saturated rings. The Labute approximate surface area is 123 Å². The predicted molar refractivity (Wildman–Crippen MR) is 80.7 cm³/mol. The quantitative estimate of drug-likeness (QED) is 0.393. The highest BCUT2D eigenvalue weighted by molar-refractivity contribution is 5.69. The minimum absolute atomic E-state index is 0.172. The van der Waals surface area contributed by atoms with Crippen molar-refractivity contribution in [2.45, 2.75) is 77.7 Å². The van der Waals surface area contributed by atoms with Crippen LogP contribution in [0.3, 0.4) is 0 Å². The monoisotopic (exact) mass is 288 g/mol. The van der Waals surface area contributed by atoms with Gasteiger partial charge in [0.1, 0.15) is 6.10 Å². The van der Waals surface area contributed by atoms with Crippen LogP contribution < -0.4 is 0 Å². The number of ether oxygens (including phenoxy) is 2. The highest BCUT2D eigenvalue weighted by Gasteiger charge is 2.13. The summed E-state index contributed by atoms with van der Waals surface area (Å²) in [6.07, 6.45) is 9.04. The number of hydrogen-bond donors (Lipinski definition) is 1.